The molecule has 0 spiro atoms. The van der Waals surface area contributed by atoms with Gasteiger partial charge in [0, 0.05) is 18.0 Å². The Hall–Kier alpha value is -3.48. The molecule has 0 saturated carbocycles. The van der Waals surface area contributed by atoms with Crippen molar-refractivity contribution in [2.45, 2.75) is 12.7 Å². The zero-order valence-corrected chi connectivity index (χ0v) is 13.7. The van der Waals surface area contributed by atoms with Crippen LogP contribution in [-0.4, -0.2) is 22.6 Å². The lowest BCUT2D eigenvalue weighted by Crippen LogP contribution is -2.31. The van der Waals surface area contributed by atoms with E-state index >= 15 is 0 Å². The van der Waals surface area contributed by atoms with Crippen molar-refractivity contribution in [2.24, 2.45) is 0 Å². The van der Waals surface area contributed by atoms with Gasteiger partial charge in [-0.25, -0.2) is 0 Å². The molecule has 1 N–H and O–H groups in total. The first-order valence-corrected chi connectivity index (χ1v) is 8.24. The summed E-state index contributed by atoms with van der Waals surface area (Å²) in [7, 11) is 0. The Morgan fingerprint density at radius 3 is 2.96 bits per heavy atom. The van der Waals surface area contributed by atoms with E-state index in [4.69, 9.17) is 13.9 Å². The van der Waals surface area contributed by atoms with Crippen LogP contribution in [0.25, 0.3) is 0 Å². The molecule has 2 aliphatic heterocycles. The molecule has 7 heteroatoms. The quantitative estimate of drug-likeness (QED) is 0.780. The molecule has 0 saturated heterocycles. The van der Waals surface area contributed by atoms with Crippen molar-refractivity contribution in [3.05, 3.63) is 71.9 Å². The van der Waals surface area contributed by atoms with E-state index < -0.39 is 6.17 Å². The average molecular weight is 349 g/mol. The second-order valence-corrected chi connectivity index (χ2v) is 6.06. The number of rotatable bonds is 4. The summed E-state index contributed by atoms with van der Waals surface area (Å²) in [5.41, 5.74) is 2.11. The summed E-state index contributed by atoms with van der Waals surface area (Å²) in [6.07, 6.45) is 2.89. The van der Waals surface area contributed by atoms with Crippen molar-refractivity contribution in [3.63, 3.8) is 0 Å². The molecule has 0 fully saturated rings. The van der Waals surface area contributed by atoms with Crippen molar-refractivity contribution in [1.29, 1.82) is 0 Å². The summed E-state index contributed by atoms with van der Waals surface area (Å²) in [5, 5.41) is 3.39. The zero-order chi connectivity index (χ0) is 17.5. The predicted molar refractivity (Wildman–Crippen MR) is 91.7 cm³/mol. The Morgan fingerprint density at radius 2 is 2.08 bits per heavy atom. The van der Waals surface area contributed by atoms with Crippen molar-refractivity contribution in [3.8, 4) is 11.5 Å². The van der Waals surface area contributed by atoms with E-state index in [1.807, 2.05) is 30.3 Å². The van der Waals surface area contributed by atoms with Crippen LogP contribution in [0.5, 0.6) is 11.5 Å². The van der Waals surface area contributed by atoms with Gasteiger partial charge in [0.05, 0.1) is 24.1 Å². The summed E-state index contributed by atoms with van der Waals surface area (Å²) in [4.78, 5) is 19.0. The van der Waals surface area contributed by atoms with Crippen molar-refractivity contribution >= 4 is 11.6 Å². The number of aromatic nitrogens is 1. The highest BCUT2D eigenvalue weighted by atomic mass is 16.7. The molecule has 1 amide bonds. The number of pyridine rings is 1. The summed E-state index contributed by atoms with van der Waals surface area (Å²) in [6.45, 7) is 0.570. The molecule has 3 aromatic rings. The molecule has 5 rings (SSSR count). The van der Waals surface area contributed by atoms with Crippen LogP contribution in [0.1, 0.15) is 28.0 Å². The molecule has 4 heterocycles. The van der Waals surface area contributed by atoms with Crippen LogP contribution in [0.15, 0.2) is 59.3 Å². The molecular weight excluding hydrogens is 334 g/mol. The monoisotopic (exact) mass is 349 g/mol. The van der Waals surface area contributed by atoms with Gasteiger partial charge in [-0.05, 0) is 36.4 Å². The van der Waals surface area contributed by atoms with E-state index in [9.17, 15) is 4.79 Å². The molecule has 1 aromatic carbocycles. The number of amides is 1. The van der Waals surface area contributed by atoms with Gasteiger partial charge in [-0.2, -0.15) is 0 Å². The van der Waals surface area contributed by atoms with Gasteiger partial charge in [-0.3, -0.25) is 9.78 Å². The maximum absolute atomic E-state index is 12.9. The Labute approximate surface area is 149 Å². The summed E-state index contributed by atoms with van der Waals surface area (Å²) in [6, 6.07) is 12.8. The van der Waals surface area contributed by atoms with Gasteiger partial charge in [0.2, 0.25) is 6.79 Å². The standard InChI is InChI=1S/C19H15N3O4/c23-19-14-4-1-7-20-17(14)18(22(19)10-13-3-2-8-24-13)21-12-5-6-15-16(9-12)26-11-25-15/h1-9,18,21H,10-11H2. The lowest BCUT2D eigenvalue weighted by atomic mass is 10.2. The topological polar surface area (TPSA) is 76.8 Å². The van der Waals surface area contributed by atoms with E-state index in [0.29, 0.717) is 35.1 Å². The number of anilines is 1. The van der Waals surface area contributed by atoms with Gasteiger partial charge >= 0.3 is 0 Å². The van der Waals surface area contributed by atoms with Gasteiger partial charge < -0.3 is 24.1 Å². The molecule has 130 valence electrons. The molecule has 0 bridgehead atoms. The second kappa shape index (κ2) is 5.80. The zero-order valence-electron chi connectivity index (χ0n) is 13.7. The first-order valence-electron chi connectivity index (χ1n) is 8.24. The normalized spacial score (nSPS) is 17.5. The van der Waals surface area contributed by atoms with E-state index in [1.54, 1.807) is 29.5 Å². The van der Waals surface area contributed by atoms with Crippen LogP contribution < -0.4 is 14.8 Å². The molecule has 7 nitrogen and oxygen atoms in total. The largest absolute Gasteiger partial charge is 0.467 e. The number of benzene rings is 1. The number of fused-ring (bicyclic) bond motifs is 2. The van der Waals surface area contributed by atoms with E-state index in [0.717, 1.165) is 5.69 Å². The van der Waals surface area contributed by atoms with Crippen molar-refractivity contribution in [2.75, 3.05) is 12.1 Å². The average Bonchev–Trinajstić information content (AvgIpc) is 3.39. The third kappa shape index (κ3) is 2.36. The van der Waals surface area contributed by atoms with Crippen LogP contribution in [0.4, 0.5) is 5.69 Å². The molecule has 26 heavy (non-hydrogen) atoms. The SMILES string of the molecule is O=C1c2cccnc2C(Nc2ccc3c(c2)OCO3)N1Cc1ccco1. The molecule has 1 unspecified atom stereocenters. The number of nitrogens with one attached hydrogen (secondary N) is 1. The highest BCUT2D eigenvalue weighted by Gasteiger charge is 2.38. The maximum Gasteiger partial charge on any atom is 0.258 e. The van der Waals surface area contributed by atoms with Gasteiger partial charge in [-0.15, -0.1) is 0 Å². The minimum Gasteiger partial charge on any atom is -0.467 e. The molecular formula is C19H15N3O4. The number of furan rings is 1. The number of carbonyl (C=O) groups is 1. The molecule has 2 aliphatic rings. The Morgan fingerprint density at radius 1 is 1.15 bits per heavy atom. The lowest BCUT2D eigenvalue weighted by Gasteiger charge is -2.25. The highest BCUT2D eigenvalue weighted by molar-refractivity contribution is 5.98. The Bertz CT molecular complexity index is 971. The molecule has 2 aromatic heterocycles. The fourth-order valence-corrected chi connectivity index (χ4v) is 3.26. The number of hydrogen-bond acceptors (Lipinski definition) is 6. The first kappa shape index (κ1) is 14.8. The van der Waals surface area contributed by atoms with E-state index in [1.165, 1.54) is 0 Å². The molecule has 0 radical (unpaired) electrons. The molecule has 0 aliphatic carbocycles. The first-order chi connectivity index (χ1) is 12.8. The number of carbonyl (C=O) groups excluding carboxylic acids is 1. The predicted octanol–water partition coefficient (Wildman–Crippen LogP) is 3.17. The van der Waals surface area contributed by atoms with Crippen LogP contribution in [0, 0.1) is 0 Å². The summed E-state index contributed by atoms with van der Waals surface area (Å²) >= 11 is 0. The van der Waals surface area contributed by atoms with Crippen LogP contribution in [-0.2, 0) is 6.54 Å². The van der Waals surface area contributed by atoms with Gasteiger partial charge in [0.1, 0.15) is 11.9 Å². The second-order valence-electron chi connectivity index (χ2n) is 6.06. The van der Waals surface area contributed by atoms with Crippen LogP contribution >= 0.6 is 0 Å². The number of nitrogens with zero attached hydrogens (tertiary/aromatic N) is 2. The van der Waals surface area contributed by atoms with Crippen molar-refractivity contribution in [1.82, 2.24) is 9.88 Å². The van der Waals surface area contributed by atoms with Gasteiger partial charge in [0.25, 0.3) is 5.91 Å². The van der Waals surface area contributed by atoms with Gasteiger partial charge in [0.15, 0.2) is 11.5 Å². The van der Waals surface area contributed by atoms with Crippen LogP contribution in [0.2, 0.25) is 0 Å². The fraction of sp³-hybridized carbons (Fsp3) is 0.158. The summed E-state index contributed by atoms with van der Waals surface area (Å²) < 4.78 is 16.2. The third-order valence-corrected chi connectivity index (χ3v) is 4.48. The minimum absolute atomic E-state index is 0.0808. The van der Waals surface area contributed by atoms with Crippen LogP contribution in [0.3, 0.4) is 0 Å². The van der Waals surface area contributed by atoms with Crippen molar-refractivity contribution < 1.29 is 18.7 Å². The van der Waals surface area contributed by atoms with E-state index in [2.05, 4.69) is 10.3 Å². The Balaban J connectivity index is 1.49. The molecule has 1 atom stereocenters. The maximum atomic E-state index is 12.9. The fourth-order valence-electron chi connectivity index (χ4n) is 3.26. The number of hydrogen-bond donors (Lipinski definition) is 1. The highest BCUT2D eigenvalue weighted by Crippen LogP contribution is 2.38. The summed E-state index contributed by atoms with van der Waals surface area (Å²) in [5.74, 6) is 2.02. The minimum atomic E-state index is -0.399. The number of ether oxygens (including phenoxy) is 2. The van der Waals surface area contributed by atoms with Gasteiger partial charge in [-0.1, -0.05) is 0 Å². The van der Waals surface area contributed by atoms with E-state index in [-0.39, 0.29) is 12.7 Å². The smallest absolute Gasteiger partial charge is 0.258 e. The third-order valence-electron chi connectivity index (χ3n) is 4.48. The lowest BCUT2D eigenvalue weighted by molar-refractivity contribution is 0.0714. The Kier molecular flexibility index (Phi) is 3.31.